The summed E-state index contributed by atoms with van der Waals surface area (Å²) in [6.07, 6.45) is 0. The Bertz CT molecular complexity index is 1150. The molecule has 28 heavy (non-hydrogen) atoms. The van der Waals surface area contributed by atoms with Crippen LogP contribution in [0, 0.1) is 13.8 Å². The maximum atomic E-state index is 13.5. The molecule has 0 radical (unpaired) electrons. The largest absolute Gasteiger partial charge is 0.425 e. The Balaban J connectivity index is 1.93. The van der Waals surface area contributed by atoms with Crippen LogP contribution in [0.5, 0.6) is 5.75 Å². The second kappa shape index (κ2) is 6.91. The molecule has 0 bridgehead atoms. The summed E-state index contributed by atoms with van der Waals surface area (Å²) in [5.74, 6) is -0.969. The highest BCUT2D eigenvalue weighted by Crippen LogP contribution is 2.43. The predicted octanol–water partition coefficient (Wildman–Crippen LogP) is 4.20. The molecule has 0 aromatic heterocycles. The summed E-state index contributed by atoms with van der Waals surface area (Å²) < 4.78 is 32.4. The van der Waals surface area contributed by atoms with E-state index in [1.807, 2.05) is 50.2 Å². The van der Waals surface area contributed by atoms with Crippen molar-refractivity contribution in [2.45, 2.75) is 29.9 Å². The highest BCUT2D eigenvalue weighted by molar-refractivity contribution is 7.92. The third-order valence-electron chi connectivity index (χ3n) is 5.08. The summed E-state index contributed by atoms with van der Waals surface area (Å²) in [6, 6.07) is 21.3. The van der Waals surface area contributed by atoms with Crippen molar-refractivity contribution >= 4 is 15.8 Å². The van der Waals surface area contributed by atoms with Crippen LogP contribution in [0.1, 0.15) is 28.2 Å². The lowest BCUT2D eigenvalue weighted by Gasteiger charge is -2.32. The van der Waals surface area contributed by atoms with Crippen LogP contribution >= 0.6 is 0 Å². The Morgan fingerprint density at radius 2 is 1.54 bits per heavy atom. The zero-order valence-electron chi connectivity index (χ0n) is 15.6. The van der Waals surface area contributed by atoms with Crippen molar-refractivity contribution in [3.8, 4) is 5.75 Å². The van der Waals surface area contributed by atoms with Gasteiger partial charge in [-0.3, -0.25) is 4.79 Å². The van der Waals surface area contributed by atoms with Gasteiger partial charge in [-0.25, -0.2) is 8.42 Å². The molecule has 0 aliphatic carbocycles. The van der Waals surface area contributed by atoms with E-state index in [0.29, 0.717) is 11.3 Å². The van der Waals surface area contributed by atoms with Crippen LogP contribution in [0.3, 0.4) is 0 Å². The van der Waals surface area contributed by atoms with Crippen LogP contribution < -0.4 is 4.74 Å². The minimum Gasteiger partial charge on any atom is -0.425 e. The Hall–Kier alpha value is -2.92. The molecule has 1 heterocycles. The second-order valence-electron chi connectivity index (χ2n) is 7.13. The van der Waals surface area contributed by atoms with Crippen molar-refractivity contribution in [3.63, 3.8) is 0 Å². The summed E-state index contributed by atoms with van der Waals surface area (Å²) in [5.41, 5.74) is 3.43. The van der Waals surface area contributed by atoms with E-state index in [0.717, 1.165) is 16.7 Å². The number of rotatable bonds is 3. The van der Waals surface area contributed by atoms with Crippen LogP contribution in [-0.4, -0.2) is 19.6 Å². The Morgan fingerprint density at radius 1 is 0.821 bits per heavy atom. The monoisotopic (exact) mass is 392 g/mol. The molecular weight excluding hydrogens is 372 g/mol. The van der Waals surface area contributed by atoms with Crippen LogP contribution in [0.2, 0.25) is 0 Å². The molecule has 1 aliphatic rings. The van der Waals surface area contributed by atoms with Gasteiger partial charge in [0, 0.05) is 11.5 Å². The summed E-state index contributed by atoms with van der Waals surface area (Å²) >= 11 is 0. The van der Waals surface area contributed by atoms with Gasteiger partial charge in [-0.1, -0.05) is 65.7 Å². The molecule has 5 heteroatoms. The molecule has 4 rings (SSSR count). The number of hydrogen-bond acceptors (Lipinski definition) is 4. The first-order valence-electron chi connectivity index (χ1n) is 9.05. The zero-order chi connectivity index (χ0) is 19.9. The fourth-order valence-electron chi connectivity index (χ4n) is 3.69. The highest BCUT2D eigenvalue weighted by Gasteiger charge is 2.47. The van der Waals surface area contributed by atoms with Gasteiger partial charge in [0.05, 0.1) is 4.90 Å². The lowest BCUT2D eigenvalue weighted by Crippen LogP contribution is -2.42. The standard InChI is InChI=1S/C23H20O4S/c1-15-10-12-18(13-11-15)28(25,26)22-21(17-7-5-6-16(2)14-17)19-8-3-4-9-20(19)27-23(22)24/h3-14,21-22H,1-2H3. The van der Waals surface area contributed by atoms with Crippen molar-refractivity contribution in [3.05, 3.63) is 95.1 Å². The number of ether oxygens (including phenoxy) is 1. The van der Waals surface area contributed by atoms with E-state index in [1.54, 1.807) is 36.4 Å². The van der Waals surface area contributed by atoms with Crippen molar-refractivity contribution in [1.29, 1.82) is 0 Å². The van der Waals surface area contributed by atoms with E-state index in [4.69, 9.17) is 4.74 Å². The number of fused-ring (bicyclic) bond motifs is 1. The lowest BCUT2D eigenvalue weighted by atomic mass is 9.85. The van der Waals surface area contributed by atoms with Gasteiger partial charge in [-0.2, -0.15) is 0 Å². The molecule has 2 atom stereocenters. The van der Waals surface area contributed by atoms with Gasteiger partial charge in [0.2, 0.25) is 0 Å². The molecule has 0 amide bonds. The third-order valence-corrected chi connectivity index (χ3v) is 7.15. The topological polar surface area (TPSA) is 60.4 Å². The molecule has 142 valence electrons. The van der Waals surface area contributed by atoms with Gasteiger partial charge in [0.25, 0.3) is 0 Å². The van der Waals surface area contributed by atoms with E-state index < -0.39 is 27.0 Å². The summed E-state index contributed by atoms with van der Waals surface area (Å²) in [6.45, 7) is 3.83. The van der Waals surface area contributed by atoms with Crippen LogP contribution in [0.15, 0.2) is 77.7 Å². The SMILES string of the molecule is Cc1ccc(S(=O)(=O)C2C(=O)Oc3ccccc3C2c2cccc(C)c2)cc1. The van der Waals surface area contributed by atoms with Gasteiger partial charge >= 0.3 is 5.97 Å². The Morgan fingerprint density at radius 3 is 2.25 bits per heavy atom. The fourth-order valence-corrected chi connectivity index (χ4v) is 5.47. The number of para-hydroxylation sites is 1. The molecule has 0 saturated carbocycles. The first-order chi connectivity index (χ1) is 13.4. The van der Waals surface area contributed by atoms with E-state index >= 15 is 0 Å². The smallest absolute Gasteiger partial charge is 0.331 e. The molecule has 2 unspecified atom stereocenters. The highest BCUT2D eigenvalue weighted by atomic mass is 32.2. The fraction of sp³-hybridized carbons (Fsp3) is 0.174. The van der Waals surface area contributed by atoms with Gasteiger partial charge in [-0.05, 0) is 37.6 Å². The van der Waals surface area contributed by atoms with E-state index in [2.05, 4.69) is 0 Å². The summed E-state index contributed by atoms with van der Waals surface area (Å²) in [5, 5.41) is -1.34. The minimum absolute atomic E-state index is 0.122. The maximum absolute atomic E-state index is 13.5. The van der Waals surface area contributed by atoms with Gasteiger partial charge < -0.3 is 4.74 Å². The predicted molar refractivity (Wildman–Crippen MR) is 107 cm³/mol. The minimum atomic E-state index is -3.96. The van der Waals surface area contributed by atoms with Crippen LogP contribution in [-0.2, 0) is 14.6 Å². The van der Waals surface area contributed by atoms with Crippen molar-refractivity contribution < 1.29 is 17.9 Å². The van der Waals surface area contributed by atoms with Gasteiger partial charge in [-0.15, -0.1) is 0 Å². The average molecular weight is 392 g/mol. The first-order valence-corrected chi connectivity index (χ1v) is 10.6. The average Bonchev–Trinajstić information content (AvgIpc) is 2.67. The second-order valence-corrected chi connectivity index (χ2v) is 9.20. The molecule has 3 aromatic carbocycles. The molecule has 4 nitrogen and oxygen atoms in total. The number of carbonyl (C=O) groups excluding carboxylic acids is 1. The Kier molecular flexibility index (Phi) is 4.55. The number of hydrogen-bond donors (Lipinski definition) is 0. The number of benzene rings is 3. The van der Waals surface area contributed by atoms with Crippen molar-refractivity contribution in [2.24, 2.45) is 0 Å². The third kappa shape index (κ3) is 3.12. The normalized spacial score (nSPS) is 19.0. The quantitative estimate of drug-likeness (QED) is 0.495. The summed E-state index contributed by atoms with van der Waals surface area (Å²) in [7, 11) is -3.96. The molecule has 1 aliphatic heterocycles. The molecule has 0 saturated heterocycles. The van der Waals surface area contributed by atoms with Crippen molar-refractivity contribution in [2.75, 3.05) is 0 Å². The number of esters is 1. The number of carbonyl (C=O) groups is 1. The summed E-state index contributed by atoms with van der Waals surface area (Å²) in [4.78, 5) is 13.0. The van der Waals surface area contributed by atoms with Gasteiger partial charge in [0.1, 0.15) is 5.75 Å². The van der Waals surface area contributed by atoms with Crippen LogP contribution in [0.4, 0.5) is 0 Å². The number of sulfone groups is 1. The number of aryl methyl sites for hydroxylation is 2. The van der Waals surface area contributed by atoms with Crippen LogP contribution in [0.25, 0.3) is 0 Å². The maximum Gasteiger partial charge on any atom is 0.331 e. The first kappa shape index (κ1) is 18.4. The molecule has 0 N–H and O–H groups in total. The molecule has 0 fully saturated rings. The zero-order valence-corrected chi connectivity index (χ0v) is 16.4. The van der Waals surface area contributed by atoms with Gasteiger partial charge in [0.15, 0.2) is 15.1 Å². The van der Waals surface area contributed by atoms with Crippen molar-refractivity contribution in [1.82, 2.24) is 0 Å². The molecule has 3 aromatic rings. The van der Waals surface area contributed by atoms with E-state index in [-0.39, 0.29) is 4.90 Å². The lowest BCUT2D eigenvalue weighted by molar-refractivity contribution is -0.135. The van der Waals surface area contributed by atoms with E-state index in [9.17, 15) is 13.2 Å². The Labute approximate surface area is 164 Å². The van der Waals surface area contributed by atoms with E-state index in [1.165, 1.54) is 0 Å². The molecule has 0 spiro atoms. The molecular formula is C23H20O4S.